The molecule has 0 fully saturated rings. The lowest BCUT2D eigenvalue weighted by molar-refractivity contribution is -0.117. The van der Waals surface area contributed by atoms with E-state index in [1.54, 1.807) is 0 Å². The molecule has 2 amide bonds. The number of aromatic nitrogens is 1. The molecule has 7 heteroatoms. The molecule has 84 valence electrons. The average Bonchev–Trinajstić information content (AvgIpc) is 2.26. The Morgan fingerprint density at radius 3 is 2.50 bits per heavy atom. The van der Waals surface area contributed by atoms with Crippen LogP contribution in [0, 0.1) is 0 Å². The van der Waals surface area contributed by atoms with Gasteiger partial charge in [0.05, 0.1) is 12.1 Å². The van der Waals surface area contributed by atoms with Crippen LogP contribution in [0.5, 0.6) is 0 Å². The Balaban J connectivity index is 2.70. The molecule has 0 spiro atoms. The van der Waals surface area contributed by atoms with Gasteiger partial charge in [-0.05, 0) is 12.1 Å². The van der Waals surface area contributed by atoms with Gasteiger partial charge in [0.15, 0.2) is 0 Å². The third-order valence-electron chi connectivity index (χ3n) is 1.67. The van der Waals surface area contributed by atoms with Crippen molar-refractivity contribution in [1.82, 2.24) is 10.3 Å². The molecule has 0 aliphatic heterocycles. The minimum atomic E-state index is -1.18. The fourth-order valence-electron chi connectivity index (χ4n) is 0.924. The lowest BCUT2D eigenvalue weighted by Gasteiger charge is -2.02. The third kappa shape index (κ3) is 3.05. The Bertz CT molecular complexity index is 427. The van der Waals surface area contributed by atoms with E-state index in [1.807, 2.05) is 0 Å². The summed E-state index contributed by atoms with van der Waals surface area (Å²) in [5.41, 5.74) is 4.83. The fourth-order valence-corrected chi connectivity index (χ4v) is 0.924. The van der Waals surface area contributed by atoms with Gasteiger partial charge >= 0.3 is 5.97 Å². The molecule has 0 aliphatic carbocycles. The van der Waals surface area contributed by atoms with Crippen molar-refractivity contribution in [2.24, 2.45) is 5.73 Å². The maximum Gasteiger partial charge on any atom is 0.354 e. The van der Waals surface area contributed by atoms with Crippen molar-refractivity contribution >= 4 is 17.8 Å². The highest BCUT2D eigenvalue weighted by Crippen LogP contribution is 2.00. The number of pyridine rings is 1. The number of amides is 2. The van der Waals surface area contributed by atoms with Gasteiger partial charge in [-0.15, -0.1) is 0 Å². The Labute approximate surface area is 90.3 Å². The maximum atomic E-state index is 11.3. The van der Waals surface area contributed by atoms with Crippen LogP contribution in [0.1, 0.15) is 20.8 Å². The molecule has 0 atom stereocenters. The van der Waals surface area contributed by atoms with Crippen molar-refractivity contribution < 1.29 is 19.5 Å². The van der Waals surface area contributed by atoms with E-state index in [-0.39, 0.29) is 17.8 Å². The van der Waals surface area contributed by atoms with Crippen molar-refractivity contribution in [2.45, 2.75) is 0 Å². The summed E-state index contributed by atoms with van der Waals surface area (Å²) < 4.78 is 0. The lowest BCUT2D eigenvalue weighted by atomic mass is 10.2. The highest BCUT2D eigenvalue weighted by molar-refractivity contribution is 5.96. The van der Waals surface area contributed by atoms with Crippen LogP contribution in [0.15, 0.2) is 18.3 Å². The standard InChI is InChI=1S/C9H9N3O4/c10-7(13)4-12-8(14)5-1-2-6(9(15)16)11-3-5/h1-3H,4H2,(H2,10,13)(H,12,14)(H,15,16). The molecule has 1 aromatic heterocycles. The maximum absolute atomic E-state index is 11.3. The van der Waals surface area contributed by atoms with Gasteiger partial charge in [-0.1, -0.05) is 0 Å². The number of carbonyl (C=O) groups excluding carboxylic acids is 2. The highest BCUT2D eigenvalue weighted by atomic mass is 16.4. The van der Waals surface area contributed by atoms with Crippen molar-refractivity contribution in [3.8, 4) is 0 Å². The van der Waals surface area contributed by atoms with Crippen LogP contribution in [0.2, 0.25) is 0 Å². The Morgan fingerprint density at radius 1 is 1.38 bits per heavy atom. The number of hydrogen-bond acceptors (Lipinski definition) is 4. The number of nitrogens with one attached hydrogen (secondary N) is 1. The van der Waals surface area contributed by atoms with Crippen molar-refractivity contribution in [1.29, 1.82) is 0 Å². The third-order valence-corrected chi connectivity index (χ3v) is 1.67. The predicted molar refractivity (Wildman–Crippen MR) is 52.7 cm³/mol. The monoisotopic (exact) mass is 223 g/mol. The van der Waals surface area contributed by atoms with Crippen LogP contribution in [0.4, 0.5) is 0 Å². The molecule has 4 N–H and O–H groups in total. The average molecular weight is 223 g/mol. The molecule has 0 saturated carbocycles. The topological polar surface area (TPSA) is 122 Å². The van der Waals surface area contributed by atoms with Crippen molar-refractivity contribution in [3.63, 3.8) is 0 Å². The molecular formula is C9H9N3O4. The first-order chi connectivity index (χ1) is 7.50. The molecule has 0 saturated heterocycles. The summed E-state index contributed by atoms with van der Waals surface area (Å²) in [4.78, 5) is 35.7. The zero-order valence-corrected chi connectivity index (χ0v) is 8.14. The number of carboxylic acids is 1. The second-order valence-electron chi connectivity index (χ2n) is 2.89. The summed E-state index contributed by atoms with van der Waals surface area (Å²) in [6.45, 7) is -0.278. The number of aromatic carboxylic acids is 1. The summed E-state index contributed by atoms with van der Waals surface area (Å²) >= 11 is 0. The van der Waals surface area contributed by atoms with E-state index in [0.29, 0.717) is 0 Å². The van der Waals surface area contributed by atoms with Crippen molar-refractivity contribution in [2.75, 3.05) is 6.54 Å². The SMILES string of the molecule is NC(=O)CNC(=O)c1ccc(C(=O)O)nc1. The number of carbonyl (C=O) groups is 3. The molecule has 1 rings (SSSR count). The summed E-state index contributed by atoms with van der Waals surface area (Å²) in [6, 6.07) is 2.49. The smallest absolute Gasteiger partial charge is 0.354 e. The number of nitrogens with zero attached hydrogens (tertiary/aromatic N) is 1. The zero-order valence-electron chi connectivity index (χ0n) is 8.14. The van der Waals surface area contributed by atoms with Gasteiger partial charge in [0.25, 0.3) is 5.91 Å². The second kappa shape index (κ2) is 4.87. The molecule has 0 radical (unpaired) electrons. The van der Waals surface area contributed by atoms with Gasteiger partial charge in [-0.2, -0.15) is 0 Å². The second-order valence-corrected chi connectivity index (χ2v) is 2.89. The first-order valence-corrected chi connectivity index (χ1v) is 4.26. The van der Waals surface area contributed by atoms with E-state index in [1.165, 1.54) is 12.1 Å². The van der Waals surface area contributed by atoms with Crippen LogP contribution in [-0.4, -0.2) is 34.4 Å². The van der Waals surface area contributed by atoms with Gasteiger partial charge in [0.2, 0.25) is 5.91 Å². The van der Waals surface area contributed by atoms with E-state index >= 15 is 0 Å². The summed E-state index contributed by atoms with van der Waals surface area (Å²) in [6.07, 6.45) is 1.11. The normalized spacial score (nSPS) is 9.50. The van der Waals surface area contributed by atoms with Gasteiger partial charge in [-0.25, -0.2) is 9.78 Å². The molecule has 0 aliphatic rings. The Hall–Kier alpha value is -2.44. The molecular weight excluding hydrogens is 214 g/mol. The Morgan fingerprint density at radius 2 is 2.06 bits per heavy atom. The molecule has 1 aromatic rings. The Kier molecular flexibility index (Phi) is 3.54. The number of hydrogen-bond donors (Lipinski definition) is 3. The summed E-state index contributed by atoms with van der Waals surface area (Å²) in [5.74, 6) is -2.38. The van der Waals surface area contributed by atoms with Crippen LogP contribution in [0.25, 0.3) is 0 Å². The van der Waals surface area contributed by atoms with Crippen LogP contribution in [0.3, 0.4) is 0 Å². The first kappa shape index (κ1) is 11.6. The van der Waals surface area contributed by atoms with E-state index in [2.05, 4.69) is 10.3 Å². The molecule has 7 nitrogen and oxygen atoms in total. The summed E-state index contributed by atoms with van der Waals surface area (Å²) in [5, 5.41) is 10.8. The largest absolute Gasteiger partial charge is 0.477 e. The minimum Gasteiger partial charge on any atom is -0.477 e. The van der Waals surface area contributed by atoms with E-state index in [4.69, 9.17) is 10.8 Å². The zero-order chi connectivity index (χ0) is 12.1. The van der Waals surface area contributed by atoms with E-state index in [0.717, 1.165) is 6.20 Å². The van der Waals surface area contributed by atoms with Gasteiger partial charge in [0, 0.05) is 6.20 Å². The van der Waals surface area contributed by atoms with Crippen LogP contribution in [-0.2, 0) is 4.79 Å². The molecule has 0 unspecified atom stereocenters. The fraction of sp³-hybridized carbons (Fsp3) is 0.111. The van der Waals surface area contributed by atoms with Crippen molar-refractivity contribution in [3.05, 3.63) is 29.6 Å². The van der Waals surface area contributed by atoms with Gasteiger partial charge in [-0.3, -0.25) is 9.59 Å². The van der Waals surface area contributed by atoms with Gasteiger partial charge in [0.1, 0.15) is 5.69 Å². The minimum absolute atomic E-state index is 0.159. The molecule has 0 bridgehead atoms. The summed E-state index contributed by atoms with van der Waals surface area (Å²) in [7, 11) is 0. The number of primary amides is 1. The predicted octanol–water partition coefficient (Wildman–Crippen LogP) is -1.01. The number of carboxylic acid groups (broad SMARTS) is 1. The number of nitrogens with two attached hydrogens (primary N) is 1. The van der Waals surface area contributed by atoms with Crippen LogP contribution < -0.4 is 11.1 Å². The lowest BCUT2D eigenvalue weighted by Crippen LogP contribution is -2.33. The van der Waals surface area contributed by atoms with E-state index in [9.17, 15) is 14.4 Å². The number of rotatable bonds is 4. The van der Waals surface area contributed by atoms with Crippen LogP contribution >= 0.6 is 0 Å². The quantitative estimate of drug-likeness (QED) is 0.603. The van der Waals surface area contributed by atoms with Gasteiger partial charge < -0.3 is 16.2 Å². The molecule has 1 heterocycles. The highest BCUT2D eigenvalue weighted by Gasteiger charge is 2.09. The molecule has 16 heavy (non-hydrogen) atoms. The molecule has 0 aromatic carbocycles. The first-order valence-electron chi connectivity index (χ1n) is 4.26. The van der Waals surface area contributed by atoms with E-state index < -0.39 is 17.8 Å².